The summed E-state index contributed by atoms with van der Waals surface area (Å²) < 4.78 is 43.6. The second kappa shape index (κ2) is 7.58. The summed E-state index contributed by atoms with van der Waals surface area (Å²) in [4.78, 5) is 31.8. The molecule has 2 heterocycles. The lowest BCUT2D eigenvalue weighted by molar-refractivity contribution is -0.0415. The van der Waals surface area contributed by atoms with Crippen molar-refractivity contribution in [2.45, 2.75) is 43.9 Å². The predicted octanol–water partition coefficient (Wildman–Crippen LogP) is 5.06. The highest BCUT2D eigenvalue weighted by molar-refractivity contribution is 6.32. The number of pyridine rings is 2. The van der Waals surface area contributed by atoms with Crippen LogP contribution in [0.25, 0.3) is 10.9 Å². The Morgan fingerprint density at radius 1 is 1.30 bits per heavy atom. The van der Waals surface area contributed by atoms with Gasteiger partial charge >= 0.3 is 0 Å². The van der Waals surface area contributed by atoms with Crippen LogP contribution in [-0.2, 0) is 0 Å². The number of nitrogens with one attached hydrogen (secondary N) is 1. The SMILES string of the molecule is Cc1c(F)ccc([C@H]2C(c3cc(=O)c4c(C(N)=O)nccc4[nH]3)CC3C2CCC3(F)F)c1Cl. The number of hydrogen-bond donors (Lipinski definition) is 2. The first-order chi connectivity index (χ1) is 15.6. The molecule has 2 aliphatic rings. The van der Waals surface area contributed by atoms with Crippen LogP contribution < -0.4 is 11.2 Å². The van der Waals surface area contributed by atoms with Crippen LogP contribution in [0.3, 0.4) is 0 Å². The van der Waals surface area contributed by atoms with Gasteiger partial charge < -0.3 is 10.7 Å². The molecule has 1 amide bonds. The van der Waals surface area contributed by atoms with Crippen molar-refractivity contribution >= 4 is 28.4 Å². The summed E-state index contributed by atoms with van der Waals surface area (Å²) in [6, 6.07) is 5.75. The molecule has 4 atom stereocenters. The van der Waals surface area contributed by atoms with Gasteiger partial charge in [0, 0.05) is 46.8 Å². The lowest BCUT2D eigenvalue weighted by Crippen LogP contribution is -2.23. The zero-order valence-corrected chi connectivity index (χ0v) is 18.4. The van der Waals surface area contributed by atoms with Gasteiger partial charge in [0.2, 0.25) is 0 Å². The van der Waals surface area contributed by atoms with E-state index in [0.29, 0.717) is 23.2 Å². The highest BCUT2D eigenvalue weighted by atomic mass is 35.5. The van der Waals surface area contributed by atoms with Crippen LogP contribution in [0.4, 0.5) is 13.2 Å². The van der Waals surface area contributed by atoms with Crippen molar-refractivity contribution < 1.29 is 18.0 Å². The number of amides is 1. The van der Waals surface area contributed by atoms with Gasteiger partial charge in [0.15, 0.2) is 5.43 Å². The van der Waals surface area contributed by atoms with Gasteiger partial charge in [0.25, 0.3) is 11.8 Å². The Kier molecular flexibility index (Phi) is 5.04. The maximum absolute atomic E-state index is 14.8. The number of carbonyl (C=O) groups is 1. The van der Waals surface area contributed by atoms with E-state index < -0.39 is 40.8 Å². The molecule has 3 unspecified atom stereocenters. The maximum Gasteiger partial charge on any atom is 0.268 e. The first kappa shape index (κ1) is 21.9. The normalized spacial score (nSPS) is 26.0. The summed E-state index contributed by atoms with van der Waals surface area (Å²) in [5.74, 6) is -6.22. The maximum atomic E-state index is 14.8. The molecule has 3 N–H and O–H groups in total. The van der Waals surface area contributed by atoms with Crippen LogP contribution in [0.2, 0.25) is 5.02 Å². The number of hydrogen-bond acceptors (Lipinski definition) is 3. The minimum Gasteiger partial charge on any atom is -0.364 e. The molecule has 2 saturated carbocycles. The lowest BCUT2D eigenvalue weighted by Gasteiger charge is -2.26. The third-order valence-corrected chi connectivity index (χ3v) is 7.88. The lowest BCUT2D eigenvalue weighted by atomic mass is 9.80. The summed E-state index contributed by atoms with van der Waals surface area (Å²) >= 11 is 6.52. The topological polar surface area (TPSA) is 88.8 Å². The molecule has 33 heavy (non-hydrogen) atoms. The molecule has 5 rings (SSSR count). The first-order valence-corrected chi connectivity index (χ1v) is 11.1. The molecular formula is C24H21ClF3N3O2. The van der Waals surface area contributed by atoms with Crippen molar-refractivity contribution in [3.63, 3.8) is 0 Å². The van der Waals surface area contributed by atoms with Gasteiger partial charge in [-0.25, -0.2) is 13.2 Å². The molecule has 9 heteroatoms. The van der Waals surface area contributed by atoms with E-state index >= 15 is 0 Å². The molecule has 172 valence electrons. The van der Waals surface area contributed by atoms with Gasteiger partial charge in [-0.15, -0.1) is 0 Å². The molecule has 0 bridgehead atoms. The van der Waals surface area contributed by atoms with E-state index in [-0.39, 0.29) is 40.4 Å². The van der Waals surface area contributed by atoms with E-state index in [1.165, 1.54) is 18.3 Å². The van der Waals surface area contributed by atoms with Gasteiger partial charge in [-0.3, -0.25) is 14.6 Å². The zero-order valence-electron chi connectivity index (χ0n) is 17.7. The van der Waals surface area contributed by atoms with Crippen molar-refractivity contribution in [2.24, 2.45) is 17.6 Å². The van der Waals surface area contributed by atoms with Gasteiger partial charge in [-0.1, -0.05) is 17.7 Å². The molecule has 0 saturated heterocycles. The van der Waals surface area contributed by atoms with Crippen LogP contribution in [0.1, 0.15) is 58.4 Å². The molecule has 2 aromatic heterocycles. The van der Waals surface area contributed by atoms with Crippen LogP contribution in [0.5, 0.6) is 0 Å². The van der Waals surface area contributed by atoms with E-state index in [1.54, 1.807) is 19.1 Å². The summed E-state index contributed by atoms with van der Waals surface area (Å²) in [7, 11) is 0. The van der Waals surface area contributed by atoms with E-state index in [4.69, 9.17) is 17.3 Å². The Labute approximate surface area is 192 Å². The molecule has 0 radical (unpaired) electrons. The van der Waals surface area contributed by atoms with Gasteiger partial charge in [0.1, 0.15) is 11.5 Å². The number of H-pyrrole nitrogens is 1. The Hall–Kier alpha value is -2.87. The Balaban J connectivity index is 1.69. The van der Waals surface area contributed by atoms with E-state index in [9.17, 15) is 22.8 Å². The van der Waals surface area contributed by atoms with E-state index in [1.807, 2.05) is 0 Å². The number of alkyl halides is 2. The molecule has 2 fully saturated rings. The Bertz CT molecular complexity index is 1360. The number of halogens is 4. The van der Waals surface area contributed by atoms with E-state index in [0.717, 1.165) is 0 Å². The zero-order chi connectivity index (χ0) is 23.7. The number of fused-ring (bicyclic) bond motifs is 2. The number of nitrogens with two attached hydrogens (primary N) is 1. The second-order valence-corrected chi connectivity index (χ2v) is 9.43. The van der Waals surface area contributed by atoms with Crippen LogP contribution in [0, 0.1) is 24.6 Å². The number of benzene rings is 1. The number of nitrogens with zero attached hydrogens (tertiary/aromatic N) is 1. The minimum atomic E-state index is -2.82. The number of carbonyl (C=O) groups excluding carboxylic acids is 1. The fraction of sp³-hybridized carbons (Fsp3) is 0.375. The summed E-state index contributed by atoms with van der Waals surface area (Å²) in [6.07, 6.45) is 1.63. The average molecular weight is 476 g/mol. The van der Waals surface area contributed by atoms with Crippen molar-refractivity contribution in [3.8, 4) is 0 Å². The van der Waals surface area contributed by atoms with Crippen molar-refractivity contribution in [1.29, 1.82) is 0 Å². The summed E-state index contributed by atoms with van der Waals surface area (Å²) in [6.45, 7) is 1.56. The molecule has 0 aliphatic heterocycles. The number of primary amides is 1. The molecule has 5 nitrogen and oxygen atoms in total. The molecule has 1 aromatic carbocycles. The summed E-state index contributed by atoms with van der Waals surface area (Å²) in [5.41, 5.74) is 6.45. The molecular weight excluding hydrogens is 455 g/mol. The van der Waals surface area contributed by atoms with Crippen LogP contribution in [-0.4, -0.2) is 21.8 Å². The first-order valence-electron chi connectivity index (χ1n) is 10.7. The quantitative estimate of drug-likeness (QED) is 0.555. The minimum absolute atomic E-state index is 0.0597. The second-order valence-electron chi connectivity index (χ2n) is 9.05. The monoisotopic (exact) mass is 475 g/mol. The average Bonchev–Trinajstić information content (AvgIpc) is 3.29. The number of aromatic amines is 1. The Morgan fingerprint density at radius 3 is 2.79 bits per heavy atom. The molecule has 3 aromatic rings. The third kappa shape index (κ3) is 3.34. The summed E-state index contributed by atoms with van der Waals surface area (Å²) in [5, 5.41) is 0.286. The fourth-order valence-corrected chi connectivity index (χ4v) is 6.15. The largest absolute Gasteiger partial charge is 0.364 e. The Morgan fingerprint density at radius 2 is 2.06 bits per heavy atom. The number of rotatable bonds is 3. The van der Waals surface area contributed by atoms with Gasteiger partial charge in [-0.2, -0.15) is 0 Å². The highest BCUT2D eigenvalue weighted by Crippen LogP contribution is 2.63. The fourth-order valence-electron chi connectivity index (χ4n) is 5.87. The standard InChI is InChI=1S/C24H21ClF3N3O2/c1-10-15(26)3-2-12(21(10)25)19-11-4-6-24(27,28)14(11)8-13(19)17-9-18(32)20-16(31-17)5-7-30-22(20)23(29)33/h2-3,5,7,9,11,13-14,19H,4,6,8H2,1H3,(H2,29,33)(H,31,32)/t11?,13?,14?,19-/m0/s1. The molecule has 2 aliphatic carbocycles. The predicted molar refractivity (Wildman–Crippen MR) is 118 cm³/mol. The number of aromatic nitrogens is 2. The molecule has 0 spiro atoms. The van der Waals surface area contributed by atoms with Crippen molar-refractivity contribution in [2.75, 3.05) is 0 Å². The van der Waals surface area contributed by atoms with Gasteiger partial charge in [0.05, 0.1) is 10.9 Å². The van der Waals surface area contributed by atoms with Crippen LogP contribution in [0.15, 0.2) is 35.3 Å². The van der Waals surface area contributed by atoms with Crippen molar-refractivity contribution in [1.82, 2.24) is 9.97 Å². The van der Waals surface area contributed by atoms with Crippen LogP contribution >= 0.6 is 11.6 Å². The third-order valence-electron chi connectivity index (χ3n) is 7.38. The van der Waals surface area contributed by atoms with Gasteiger partial charge in [-0.05, 0) is 49.3 Å². The van der Waals surface area contributed by atoms with E-state index in [2.05, 4.69) is 9.97 Å². The highest BCUT2D eigenvalue weighted by Gasteiger charge is 2.59. The smallest absolute Gasteiger partial charge is 0.268 e. The van der Waals surface area contributed by atoms with Crippen molar-refractivity contribution in [3.05, 3.63) is 74.0 Å².